The summed E-state index contributed by atoms with van der Waals surface area (Å²) >= 11 is 1.89. The van der Waals surface area contributed by atoms with Gasteiger partial charge in [0.1, 0.15) is 11.4 Å². The van der Waals surface area contributed by atoms with Crippen LogP contribution in [0.15, 0.2) is 188 Å². The monoisotopic (exact) mass is 733 g/mol. The van der Waals surface area contributed by atoms with Crippen molar-refractivity contribution in [2.75, 3.05) is 0 Å². The van der Waals surface area contributed by atoms with E-state index < -0.39 is 0 Å². The van der Waals surface area contributed by atoms with Crippen LogP contribution in [0.25, 0.3) is 103 Å². The molecule has 5 nitrogen and oxygen atoms in total. The van der Waals surface area contributed by atoms with Crippen LogP contribution in [0.2, 0.25) is 0 Å². The molecule has 0 N–H and O–H groups in total. The topological polar surface area (TPSA) is 40.6 Å². The quantitative estimate of drug-likeness (QED) is 0.177. The highest BCUT2D eigenvalue weighted by molar-refractivity contribution is 7.26. The average Bonchev–Trinajstić information content (AvgIpc) is 4.03. The summed E-state index contributed by atoms with van der Waals surface area (Å²) < 4.78 is 9.52. The molecular formula is C50H31N5S. The van der Waals surface area contributed by atoms with Gasteiger partial charge in [0.2, 0.25) is 0 Å². The van der Waals surface area contributed by atoms with Crippen molar-refractivity contribution in [3.8, 4) is 39.6 Å². The molecule has 0 radical (unpaired) electrons. The first-order valence-electron chi connectivity index (χ1n) is 18.9. The zero-order chi connectivity index (χ0) is 36.7. The van der Waals surface area contributed by atoms with E-state index in [1.165, 1.54) is 52.8 Å². The molecule has 0 fully saturated rings. The minimum atomic E-state index is 0.849. The minimum Gasteiger partial charge on any atom is -0.307 e. The second kappa shape index (κ2) is 12.1. The van der Waals surface area contributed by atoms with Gasteiger partial charge >= 0.3 is 0 Å². The van der Waals surface area contributed by atoms with Gasteiger partial charge in [-0.3, -0.25) is 0 Å². The Bertz CT molecular complexity index is 3420. The van der Waals surface area contributed by atoms with Crippen molar-refractivity contribution in [3.63, 3.8) is 0 Å². The highest BCUT2D eigenvalue weighted by Gasteiger charge is 2.23. The van der Waals surface area contributed by atoms with E-state index in [0.29, 0.717) is 0 Å². The smallest absolute Gasteiger partial charge is 0.121 e. The number of thiophene rings is 1. The van der Waals surface area contributed by atoms with Crippen LogP contribution in [-0.2, 0) is 0 Å². The molecule has 0 aliphatic carbocycles. The molecule has 12 rings (SSSR count). The molecule has 56 heavy (non-hydrogen) atoms. The van der Waals surface area contributed by atoms with E-state index in [1.54, 1.807) is 0 Å². The van der Waals surface area contributed by atoms with E-state index in [4.69, 9.17) is 10.3 Å². The molecule has 4 heterocycles. The zero-order valence-corrected chi connectivity index (χ0v) is 30.9. The lowest BCUT2D eigenvalue weighted by atomic mass is 10.0. The number of para-hydroxylation sites is 5. The van der Waals surface area contributed by atoms with Crippen molar-refractivity contribution in [1.82, 2.24) is 24.1 Å². The van der Waals surface area contributed by atoms with Gasteiger partial charge in [0, 0.05) is 52.8 Å². The van der Waals surface area contributed by atoms with Crippen LogP contribution in [0.4, 0.5) is 0 Å². The number of fused-ring (bicyclic) bond motifs is 10. The van der Waals surface area contributed by atoms with Crippen LogP contribution in [0.5, 0.6) is 0 Å². The van der Waals surface area contributed by atoms with Gasteiger partial charge in [0.05, 0.1) is 39.1 Å². The standard InChI is InChI=1S/C50H31N5S/c1-3-15-32(16-4-1)48-49(55(52-51-48)34-17-5-2-6-18-34)33-27-29-42-39(31-33)35-19-7-10-22-40(35)53(42)43-24-12-13-25-44(43)54-41-23-11-8-21-38(41)47-45(54)30-28-37-36-20-9-14-26-46(36)56-50(37)47/h1-31H. The van der Waals surface area contributed by atoms with Crippen molar-refractivity contribution in [2.24, 2.45) is 0 Å². The van der Waals surface area contributed by atoms with Crippen LogP contribution in [0, 0.1) is 0 Å². The maximum absolute atomic E-state index is 4.76. The third-order valence-corrected chi connectivity index (χ3v) is 12.4. The molecule has 0 amide bonds. The molecule has 8 aromatic carbocycles. The summed E-state index contributed by atoms with van der Waals surface area (Å²) in [7, 11) is 0. The number of rotatable bonds is 5. The van der Waals surface area contributed by atoms with Crippen LogP contribution >= 0.6 is 11.3 Å². The maximum atomic E-state index is 4.76. The molecule has 12 aromatic rings. The largest absolute Gasteiger partial charge is 0.307 e. The van der Waals surface area contributed by atoms with E-state index in [-0.39, 0.29) is 0 Å². The third kappa shape index (κ3) is 4.48. The fraction of sp³-hybridized carbons (Fsp3) is 0. The molecule has 0 atom stereocenters. The normalized spacial score (nSPS) is 11.9. The van der Waals surface area contributed by atoms with Gasteiger partial charge in [0.25, 0.3) is 0 Å². The predicted octanol–water partition coefficient (Wildman–Crippen LogP) is 13.2. The maximum Gasteiger partial charge on any atom is 0.121 e. The van der Waals surface area contributed by atoms with Crippen LogP contribution in [0.1, 0.15) is 0 Å². The lowest BCUT2D eigenvalue weighted by molar-refractivity contribution is 0.809. The first-order valence-corrected chi connectivity index (χ1v) is 19.7. The number of benzene rings is 8. The molecule has 0 saturated carbocycles. The van der Waals surface area contributed by atoms with Crippen molar-refractivity contribution < 1.29 is 0 Å². The molecule has 4 aromatic heterocycles. The highest BCUT2D eigenvalue weighted by Crippen LogP contribution is 2.45. The van der Waals surface area contributed by atoms with Crippen LogP contribution < -0.4 is 0 Å². The minimum absolute atomic E-state index is 0.849. The van der Waals surface area contributed by atoms with E-state index in [2.05, 4.69) is 173 Å². The number of nitrogens with zero attached hydrogens (tertiary/aromatic N) is 5. The fourth-order valence-electron chi connectivity index (χ4n) is 8.80. The summed E-state index contributed by atoms with van der Waals surface area (Å²) in [6.07, 6.45) is 0. The van der Waals surface area contributed by atoms with E-state index >= 15 is 0 Å². The Morgan fingerprint density at radius 3 is 1.79 bits per heavy atom. The number of aromatic nitrogens is 5. The molecule has 0 unspecified atom stereocenters. The Morgan fingerprint density at radius 2 is 1.00 bits per heavy atom. The fourth-order valence-corrected chi connectivity index (χ4v) is 10.1. The van der Waals surface area contributed by atoms with Gasteiger partial charge < -0.3 is 9.13 Å². The van der Waals surface area contributed by atoms with Crippen molar-refractivity contribution in [2.45, 2.75) is 0 Å². The van der Waals surface area contributed by atoms with E-state index in [9.17, 15) is 0 Å². The molecular weight excluding hydrogens is 703 g/mol. The number of hydrogen-bond donors (Lipinski definition) is 0. The van der Waals surface area contributed by atoms with Crippen LogP contribution in [-0.4, -0.2) is 24.1 Å². The lowest BCUT2D eigenvalue weighted by Gasteiger charge is -2.16. The first-order chi connectivity index (χ1) is 27.8. The predicted molar refractivity (Wildman–Crippen MR) is 234 cm³/mol. The molecule has 0 aliphatic heterocycles. The van der Waals surface area contributed by atoms with Gasteiger partial charge in [-0.15, -0.1) is 16.4 Å². The second-order valence-corrected chi connectivity index (χ2v) is 15.3. The summed E-state index contributed by atoms with van der Waals surface area (Å²) in [5.41, 5.74) is 11.8. The van der Waals surface area contributed by atoms with Gasteiger partial charge in [-0.25, -0.2) is 4.68 Å². The first kappa shape index (κ1) is 31.1. The summed E-state index contributed by atoms with van der Waals surface area (Å²) in [4.78, 5) is 0. The summed E-state index contributed by atoms with van der Waals surface area (Å²) in [6.45, 7) is 0. The molecule has 6 heteroatoms. The number of hydrogen-bond acceptors (Lipinski definition) is 3. The zero-order valence-electron chi connectivity index (χ0n) is 30.0. The summed E-state index contributed by atoms with van der Waals surface area (Å²) in [5.74, 6) is 0. The molecule has 0 bridgehead atoms. The Balaban J connectivity index is 1.12. The molecule has 0 saturated heterocycles. The Kier molecular flexibility index (Phi) is 6.73. The molecule has 262 valence electrons. The van der Waals surface area contributed by atoms with Gasteiger partial charge in [-0.05, 0) is 60.7 Å². The Labute approximate surface area is 325 Å². The van der Waals surface area contributed by atoms with E-state index in [0.717, 1.165) is 50.6 Å². The average molecular weight is 734 g/mol. The Morgan fingerprint density at radius 1 is 0.411 bits per heavy atom. The van der Waals surface area contributed by atoms with Crippen molar-refractivity contribution >= 4 is 75.1 Å². The Hall–Kier alpha value is -7.28. The van der Waals surface area contributed by atoms with Gasteiger partial charge in [-0.2, -0.15) is 0 Å². The SMILES string of the molecule is c1ccc(-c2nnn(-c3ccccc3)c2-c2ccc3c(c2)c2ccccc2n3-c2ccccc2-n2c3ccccc3c3c4sc5ccccc5c4ccc32)cc1. The summed E-state index contributed by atoms with van der Waals surface area (Å²) in [6, 6.07) is 67.3. The molecule has 0 spiro atoms. The lowest BCUT2D eigenvalue weighted by Crippen LogP contribution is -2.03. The summed E-state index contributed by atoms with van der Waals surface area (Å²) in [5, 5.41) is 17.0. The molecule has 0 aliphatic rings. The second-order valence-electron chi connectivity index (χ2n) is 14.3. The third-order valence-electron chi connectivity index (χ3n) is 11.2. The van der Waals surface area contributed by atoms with Crippen LogP contribution in [0.3, 0.4) is 0 Å². The van der Waals surface area contributed by atoms with Crippen molar-refractivity contribution in [3.05, 3.63) is 188 Å². The van der Waals surface area contributed by atoms with Gasteiger partial charge in [-0.1, -0.05) is 133 Å². The van der Waals surface area contributed by atoms with Crippen molar-refractivity contribution in [1.29, 1.82) is 0 Å². The highest BCUT2D eigenvalue weighted by atomic mass is 32.1. The van der Waals surface area contributed by atoms with Gasteiger partial charge in [0.15, 0.2) is 0 Å². The van der Waals surface area contributed by atoms with E-state index in [1.807, 2.05) is 40.3 Å².